The van der Waals surface area contributed by atoms with Crippen LogP contribution in [0.25, 0.3) is 0 Å². The van der Waals surface area contributed by atoms with Gasteiger partial charge in [0.05, 0.1) is 23.7 Å². The average Bonchev–Trinajstić information content (AvgIpc) is 2.74. The number of sulfonamides is 1. The van der Waals surface area contributed by atoms with Crippen molar-refractivity contribution in [3.63, 3.8) is 0 Å². The molecule has 2 N–H and O–H groups in total. The monoisotopic (exact) mass is 411 g/mol. The molecule has 1 aromatic heterocycles. The minimum atomic E-state index is -3.77. The van der Waals surface area contributed by atoms with Crippen LogP contribution in [0.15, 0.2) is 77.8 Å². The minimum Gasteiger partial charge on any atom is -0.497 e. The maximum absolute atomic E-state index is 12.5. The Kier molecular flexibility index (Phi) is 6.13. The van der Waals surface area contributed by atoms with Gasteiger partial charge in [0.1, 0.15) is 5.75 Å². The van der Waals surface area contributed by atoms with Crippen molar-refractivity contribution in [3.05, 3.63) is 84.2 Å². The molecule has 0 fully saturated rings. The highest BCUT2D eigenvalue weighted by Gasteiger charge is 2.16. The molecule has 1 heterocycles. The summed E-state index contributed by atoms with van der Waals surface area (Å²) in [5, 5.41) is 2.84. The molecule has 1 amide bonds. The van der Waals surface area contributed by atoms with E-state index < -0.39 is 10.0 Å². The van der Waals surface area contributed by atoms with Crippen LogP contribution in [0, 0.1) is 0 Å². The molecule has 3 rings (SSSR count). The van der Waals surface area contributed by atoms with Crippen LogP contribution in [0.5, 0.6) is 5.75 Å². The van der Waals surface area contributed by atoms with Gasteiger partial charge in [0.25, 0.3) is 15.9 Å². The fraction of sp³-hybridized carbons (Fsp3) is 0.143. The standard InChI is InChI=1S/C21H21N3O4S/c1-15(20-5-3-4-14-22-20)23-21(25)16-6-12-19(13-7-16)29(26,27)24-17-8-10-18(28-2)11-9-17/h3-15,24H,1-2H3,(H,23,25)/t15-/m1/s1. The van der Waals surface area contributed by atoms with Crippen molar-refractivity contribution in [2.45, 2.75) is 17.9 Å². The van der Waals surface area contributed by atoms with E-state index in [0.29, 0.717) is 17.0 Å². The number of anilines is 1. The Bertz CT molecular complexity index is 1070. The van der Waals surface area contributed by atoms with E-state index in [9.17, 15) is 13.2 Å². The molecule has 0 unspecified atom stereocenters. The van der Waals surface area contributed by atoms with E-state index in [4.69, 9.17) is 4.74 Å². The van der Waals surface area contributed by atoms with Gasteiger partial charge in [-0.2, -0.15) is 0 Å². The Morgan fingerprint density at radius 3 is 2.28 bits per heavy atom. The zero-order valence-corrected chi connectivity index (χ0v) is 16.8. The number of rotatable bonds is 7. The van der Waals surface area contributed by atoms with Gasteiger partial charge in [-0.3, -0.25) is 14.5 Å². The molecule has 0 aliphatic heterocycles. The Morgan fingerprint density at radius 2 is 1.69 bits per heavy atom. The van der Waals surface area contributed by atoms with E-state index in [0.717, 1.165) is 5.69 Å². The first-order valence-corrected chi connectivity index (χ1v) is 10.4. The van der Waals surface area contributed by atoms with Crippen molar-refractivity contribution >= 4 is 21.6 Å². The largest absolute Gasteiger partial charge is 0.497 e. The van der Waals surface area contributed by atoms with Gasteiger partial charge in [0.15, 0.2) is 0 Å². The van der Waals surface area contributed by atoms with Crippen LogP contribution in [0.4, 0.5) is 5.69 Å². The van der Waals surface area contributed by atoms with Gasteiger partial charge in [-0.1, -0.05) is 6.07 Å². The van der Waals surface area contributed by atoms with Gasteiger partial charge in [0.2, 0.25) is 0 Å². The van der Waals surface area contributed by atoms with Gasteiger partial charge in [-0.05, 0) is 67.6 Å². The van der Waals surface area contributed by atoms with Crippen molar-refractivity contribution in [2.75, 3.05) is 11.8 Å². The van der Waals surface area contributed by atoms with Crippen molar-refractivity contribution in [1.82, 2.24) is 10.3 Å². The summed E-state index contributed by atoms with van der Waals surface area (Å²) >= 11 is 0. The predicted molar refractivity (Wildman–Crippen MR) is 110 cm³/mol. The third kappa shape index (κ3) is 5.11. The predicted octanol–water partition coefficient (Wildman–Crippen LogP) is 3.38. The van der Waals surface area contributed by atoms with Crippen molar-refractivity contribution in [3.8, 4) is 5.75 Å². The second-order valence-corrected chi connectivity index (χ2v) is 7.99. The molecule has 0 radical (unpaired) electrons. The number of nitrogens with one attached hydrogen (secondary N) is 2. The lowest BCUT2D eigenvalue weighted by Gasteiger charge is -2.13. The van der Waals surface area contributed by atoms with Gasteiger partial charge in [-0.15, -0.1) is 0 Å². The van der Waals surface area contributed by atoms with Gasteiger partial charge in [0, 0.05) is 17.4 Å². The second kappa shape index (κ2) is 8.74. The van der Waals surface area contributed by atoms with E-state index in [2.05, 4.69) is 15.0 Å². The summed E-state index contributed by atoms with van der Waals surface area (Å²) in [6, 6.07) is 17.5. The molecule has 0 aliphatic carbocycles. The molecule has 29 heavy (non-hydrogen) atoms. The summed E-state index contributed by atoms with van der Waals surface area (Å²) in [5.41, 5.74) is 1.51. The van der Waals surface area contributed by atoms with Crippen LogP contribution in [0.1, 0.15) is 29.0 Å². The number of benzene rings is 2. The fourth-order valence-corrected chi connectivity index (χ4v) is 3.70. The zero-order chi connectivity index (χ0) is 20.9. The van der Waals surface area contributed by atoms with E-state index in [1.54, 1.807) is 36.5 Å². The smallest absolute Gasteiger partial charge is 0.261 e. The molecule has 0 bridgehead atoms. The number of nitrogens with zero attached hydrogens (tertiary/aromatic N) is 1. The molecule has 8 heteroatoms. The topological polar surface area (TPSA) is 97.4 Å². The number of ether oxygens (including phenoxy) is 1. The summed E-state index contributed by atoms with van der Waals surface area (Å²) in [6.45, 7) is 1.83. The molecule has 0 spiro atoms. The molecule has 3 aromatic rings. The maximum atomic E-state index is 12.5. The van der Waals surface area contributed by atoms with Gasteiger partial charge >= 0.3 is 0 Å². The summed E-state index contributed by atoms with van der Waals surface area (Å²) in [7, 11) is -2.24. The molecule has 0 aliphatic rings. The molecule has 2 aromatic carbocycles. The minimum absolute atomic E-state index is 0.0580. The molecule has 0 saturated heterocycles. The highest BCUT2D eigenvalue weighted by molar-refractivity contribution is 7.92. The number of aromatic nitrogens is 1. The molecule has 150 valence electrons. The lowest BCUT2D eigenvalue weighted by Crippen LogP contribution is -2.27. The molecule has 7 nitrogen and oxygen atoms in total. The molecule has 0 saturated carbocycles. The first-order valence-electron chi connectivity index (χ1n) is 8.88. The average molecular weight is 411 g/mol. The van der Waals surface area contributed by atoms with E-state index in [1.165, 1.54) is 31.4 Å². The third-order valence-electron chi connectivity index (χ3n) is 4.25. The summed E-state index contributed by atoms with van der Waals surface area (Å²) < 4.78 is 32.6. The lowest BCUT2D eigenvalue weighted by atomic mass is 10.1. The van der Waals surface area contributed by atoms with Crippen molar-refractivity contribution in [2.24, 2.45) is 0 Å². The summed E-state index contributed by atoms with van der Waals surface area (Å²) in [4.78, 5) is 16.7. The van der Waals surface area contributed by atoms with E-state index in [1.807, 2.05) is 19.1 Å². The number of carbonyl (C=O) groups excluding carboxylic acids is 1. The Hall–Kier alpha value is -3.39. The van der Waals surface area contributed by atoms with Crippen LogP contribution in [0.3, 0.4) is 0 Å². The lowest BCUT2D eigenvalue weighted by molar-refractivity contribution is 0.0939. The molecule has 1 atom stereocenters. The number of hydrogen-bond acceptors (Lipinski definition) is 5. The molecular weight excluding hydrogens is 390 g/mol. The highest BCUT2D eigenvalue weighted by atomic mass is 32.2. The first-order chi connectivity index (χ1) is 13.9. The quantitative estimate of drug-likeness (QED) is 0.621. The fourth-order valence-electron chi connectivity index (χ4n) is 2.64. The van der Waals surface area contributed by atoms with E-state index >= 15 is 0 Å². The summed E-state index contributed by atoms with van der Waals surface area (Å²) in [5.74, 6) is 0.318. The van der Waals surface area contributed by atoms with Gasteiger partial charge < -0.3 is 10.1 Å². The SMILES string of the molecule is COc1ccc(NS(=O)(=O)c2ccc(C(=O)N[C@H](C)c3ccccn3)cc2)cc1. The highest BCUT2D eigenvalue weighted by Crippen LogP contribution is 2.20. The number of methoxy groups -OCH3 is 1. The number of hydrogen-bond donors (Lipinski definition) is 2. The third-order valence-corrected chi connectivity index (χ3v) is 5.65. The normalized spacial score (nSPS) is 12.1. The Balaban J connectivity index is 1.68. The second-order valence-electron chi connectivity index (χ2n) is 6.31. The summed E-state index contributed by atoms with van der Waals surface area (Å²) in [6.07, 6.45) is 1.66. The van der Waals surface area contributed by atoms with Crippen molar-refractivity contribution in [1.29, 1.82) is 0 Å². The van der Waals surface area contributed by atoms with E-state index in [-0.39, 0.29) is 16.8 Å². The van der Waals surface area contributed by atoms with Crippen LogP contribution in [-0.4, -0.2) is 26.4 Å². The Morgan fingerprint density at radius 1 is 1.00 bits per heavy atom. The number of amides is 1. The van der Waals surface area contributed by atoms with Crippen molar-refractivity contribution < 1.29 is 17.9 Å². The van der Waals surface area contributed by atoms with Crippen LogP contribution in [-0.2, 0) is 10.0 Å². The first kappa shape index (κ1) is 20.3. The Labute approximate surface area is 169 Å². The van der Waals surface area contributed by atoms with Crippen LogP contribution < -0.4 is 14.8 Å². The van der Waals surface area contributed by atoms with Gasteiger partial charge in [-0.25, -0.2) is 8.42 Å². The number of carbonyl (C=O) groups is 1. The maximum Gasteiger partial charge on any atom is 0.261 e. The van der Waals surface area contributed by atoms with Crippen LogP contribution >= 0.6 is 0 Å². The zero-order valence-electron chi connectivity index (χ0n) is 16.0. The molecular formula is C21H21N3O4S. The number of pyridine rings is 1. The van der Waals surface area contributed by atoms with Crippen LogP contribution in [0.2, 0.25) is 0 Å².